The number of hydrogen-bond acceptors (Lipinski definition) is 4. The summed E-state index contributed by atoms with van der Waals surface area (Å²) in [5.41, 5.74) is 0.622. The third-order valence-corrected chi connectivity index (χ3v) is 2.80. The quantitative estimate of drug-likeness (QED) is 0.885. The van der Waals surface area contributed by atoms with E-state index >= 15 is 0 Å². The first-order valence-electron chi connectivity index (χ1n) is 5.92. The van der Waals surface area contributed by atoms with Crippen LogP contribution in [0.4, 0.5) is 5.69 Å². The number of carboxylic acids is 1. The van der Waals surface area contributed by atoms with Crippen LogP contribution in [-0.4, -0.2) is 28.6 Å². The van der Waals surface area contributed by atoms with E-state index in [1.807, 2.05) is 0 Å². The highest BCUT2D eigenvalue weighted by Crippen LogP contribution is 2.25. The van der Waals surface area contributed by atoms with Crippen molar-refractivity contribution in [3.63, 3.8) is 0 Å². The Bertz CT molecular complexity index is 676. The van der Waals surface area contributed by atoms with Crippen LogP contribution in [0.2, 0.25) is 5.02 Å². The van der Waals surface area contributed by atoms with Crippen molar-refractivity contribution in [2.75, 3.05) is 11.9 Å². The highest BCUT2D eigenvalue weighted by molar-refractivity contribution is 6.34. The zero-order chi connectivity index (χ0) is 15.2. The first-order chi connectivity index (χ1) is 10.1. The molecule has 0 bridgehead atoms. The van der Waals surface area contributed by atoms with Crippen molar-refractivity contribution in [3.05, 3.63) is 53.3 Å². The zero-order valence-electron chi connectivity index (χ0n) is 10.7. The fraction of sp³-hybridized carbons (Fsp3) is 0.0714. The van der Waals surface area contributed by atoms with Gasteiger partial charge in [0, 0.05) is 12.4 Å². The van der Waals surface area contributed by atoms with E-state index < -0.39 is 18.5 Å². The lowest BCUT2D eigenvalue weighted by Gasteiger charge is -2.11. The van der Waals surface area contributed by atoms with Gasteiger partial charge in [-0.3, -0.25) is 9.78 Å². The number of nitrogens with zero attached hydrogens (tertiary/aromatic N) is 1. The van der Waals surface area contributed by atoms with Crippen LogP contribution >= 0.6 is 11.6 Å². The van der Waals surface area contributed by atoms with Crippen LogP contribution in [0.25, 0.3) is 0 Å². The molecule has 0 aliphatic heterocycles. The van der Waals surface area contributed by atoms with Crippen molar-refractivity contribution in [2.24, 2.45) is 0 Å². The molecule has 0 saturated carbocycles. The zero-order valence-corrected chi connectivity index (χ0v) is 11.5. The number of hydrogen-bond donors (Lipinski definition) is 2. The lowest BCUT2D eigenvalue weighted by atomic mass is 10.2. The van der Waals surface area contributed by atoms with Gasteiger partial charge in [0.05, 0.1) is 16.3 Å². The van der Waals surface area contributed by atoms with Gasteiger partial charge in [-0.25, -0.2) is 4.79 Å². The molecule has 21 heavy (non-hydrogen) atoms. The smallest absolute Gasteiger partial charge is 0.341 e. The van der Waals surface area contributed by atoms with E-state index in [2.05, 4.69) is 10.3 Å². The molecular formula is C14H11ClN2O4. The maximum atomic E-state index is 12.1. The number of ether oxygens (including phenoxy) is 1. The minimum Gasteiger partial charge on any atom is -0.480 e. The molecule has 0 fully saturated rings. The maximum Gasteiger partial charge on any atom is 0.341 e. The van der Waals surface area contributed by atoms with Crippen LogP contribution in [0.5, 0.6) is 5.75 Å². The van der Waals surface area contributed by atoms with Crippen molar-refractivity contribution in [2.45, 2.75) is 0 Å². The molecule has 7 heteroatoms. The Morgan fingerprint density at radius 2 is 2.05 bits per heavy atom. The van der Waals surface area contributed by atoms with Crippen molar-refractivity contribution in [1.29, 1.82) is 0 Å². The van der Waals surface area contributed by atoms with Crippen molar-refractivity contribution in [1.82, 2.24) is 4.98 Å². The van der Waals surface area contributed by atoms with Gasteiger partial charge in [0.15, 0.2) is 6.61 Å². The van der Waals surface area contributed by atoms with Crippen LogP contribution in [0.15, 0.2) is 42.7 Å². The van der Waals surface area contributed by atoms with Gasteiger partial charge in [-0.2, -0.15) is 0 Å². The molecule has 0 spiro atoms. The Morgan fingerprint density at radius 3 is 2.76 bits per heavy atom. The number of para-hydroxylation sites is 2. The summed E-state index contributed by atoms with van der Waals surface area (Å²) in [7, 11) is 0. The summed E-state index contributed by atoms with van der Waals surface area (Å²) in [6.07, 6.45) is 2.82. The normalized spacial score (nSPS) is 9.95. The molecule has 1 aromatic carbocycles. The summed E-state index contributed by atoms with van der Waals surface area (Å²) in [5, 5.41) is 11.5. The van der Waals surface area contributed by atoms with Crippen molar-refractivity contribution < 1.29 is 19.4 Å². The number of carboxylic acid groups (broad SMARTS) is 1. The number of aromatic nitrogens is 1. The van der Waals surface area contributed by atoms with E-state index in [-0.39, 0.29) is 16.3 Å². The predicted octanol–water partition coefficient (Wildman–Crippen LogP) is 2.45. The minimum absolute atomic E-state index is 0.221. The Balaban J connectivity index is 2.18. The Kier molecular flexibility index (Phi) is 4.73. The molecule has 2 N–H and O–H groups in total. The molecule has 0 unspecified atom stereocenters. The molecule has 0 aliphatic rings. The van der Waals surface area contributed by atoms with E-state index in [9.17, 15) is 9.59 Å². The minimum atomic E-state index is -1.10. The first kappa shape index (κ1) is 14.8. The van der Waals surface area contributed by atoms with Gasteiger partial charge >= 0.3 is 5.97 Å². The average molecular weight is 307 g/mol. The van der Waals surface area contributed by atoms with E-state index in [0.717, 1.165) is 0 Å². The third-order valence-electron chi connectivity index (χ3n) is 2.50. The second kappa shape index (κ2) is 6.71. The van der Waals surface area contributed by atoms with E-state index in [1.54, 1.807) is 24.3 Å². The molecule has 0 saturated heterocycles. The number of carbonyl (C=O) groups excluding carboxylic acids is 1. The van der Waals surface area contributed by atoms with Gasteiger partial charge in [-0.15, -0.1) is 0 Å². The summed E-state index contributed by atoms with van der Waals surface area (Å²) in [5.74, 6) is -1.28. The molecular weight excluding hydrogens is 296 g/mol. The largest absolute Gasteiger partial charge is 0.480 e. The van der Waals surface area contributed by atoms with Gasteiger partial charge in [-0.05, 0) is 18.2 Å². The number of rotatable bonds is 5. The SMILES string of the molecule is O=C(O)COc1ccccc1NC(=O)c1ccncc1Cl. The molecule has 0 atom stereocenters. The van der Waals surface area contributed by atoms with Gasteiger partial charge in [-0.1, -0.05) is 23.7 Å². The van der Waals surface area contributed by atoms with Crippen LogP contribution in [0.3, 0.4) is 0 Å². The molecule has 2 rings (SSSR count). The lowest BCUT2D eigenvalue weighted by molar-refractivity contribution is -0.139. The van der Waals surface area contributed by atoms with Gasteiger partial charge in [0.25, 0.3) is 5.91 Å². The molecule has 1 amide bonds. The summed E-state index contributed by atoms with van der Waals surface area (Å²) in [6.45, 7) is -0.497. The molecule has 108 valence electrons. The number of carbonyl (C=O) groups is 2. The molecule has 0 aliphatic carbocycles. The third kappa shape index (κ3) is 3.93. The number of nitrogens with one attached hydrogen (secondary N) is 1. The fourth-order valence-corrected chi connectivity index (χ4v) is 1.79. The molecule has 1 heterocycles. The molecule has 1 aromatic heterocycles. The monoisotopic (exact) mass is 306 g/mol. The van der Waals surface area contributed by atoms with E-state index in [1.165, 1.54) is 18.5 Å². The second-order valence-electron chi connectivity index (χ2n) is 3.99. The van der Waals surface area contributed by atoms with E-state index in [4.69, 9.17) is 21.4 Å². The number of pyridine rings is 1. The van der Waals surface area contributed by atoms with Crippen molar-refractivity contribution in [3.8, 4) is 5.75 Å². The summed E-state index contributed by atoms with van der Waals surface area (Å²) < 4.78 is 5.11. The molecule has 6 nitrogen and oxygen atoms in total. The second-order valence-corrected chi connectivity index (χ2v) is 4.40. The summed E-state index contributed by atoms with van der Waals surface area (Å²) >= 11 is 5.90. The van der Waals surface area contributed by atoms with Crippen molar-refractivity contribution >= 4 is 29.2 Å². The number of anilines is 1. The fourth-order valence-electron chi connectivity index (χ4n) is 1.58. The lowest BCUT2D eigenvalue weighted by Crippen LogP contribution is -2.15. The van der Waals surface area contributed by atoms with Crippen LogP contribution in [0, 0.1) is 0 Å². The molecule has 2 aromatic rings. The van der Waals surface area contributed by atoms with Crippen LogP contribution in [-0.2, 0) is 4.79 Å². The Morgan fingerprint density at radius 1 is 1.29 bits per heavy atom. The molecule has 0 radical (unpaired) electrons. The van der Waals surface area contributed by atoms with Gasteiger partial charge in [0.1, 0.15) is 5.75 Å². The topological polar surface area (TPSA) is 88.5 Å². The maximum absolute atomic E-state index is 12.1. The van der Waals surface area contributed by atoms with Crippen LogP contribution in [0.1, 0.15) is 10.4 Å². The van der Waals surface area contributed by atoms with Crippen LogP contribution < -0.4 is 10.1 Å². The summed E-state index contributed by atoms with van der Waals surface area (Å²) in [6, 6.07) is 8.01. The Hall–Kier alpha value is -2.60. The number of amides is 1. The van der Waals surface area contributed by atoms with Gasteiger partial charge < -0.3 is 15.2 Å². The number of benzene rings is 1. The first-order valence-corrected chi connectivity index (χ1v) is 6.30. The number of aliphatic carboxylic acids is 1. The van der Waals surface area contributed by atoms with E-state index in [0.29, 0.717) is 5.69 Å². The summed E-state index contributed by atoms with van der Waals surface area (Å²) in [4.78, 5) is 26.5. The average Bonchev–Trinajstić information content (AvgIpc) is 2.46. The number of halogens is 1. The highest BCUT2D eigenvalue weighted by atomic mass is 35.5. The van der Waals surface area contributed by atoms with Gasteiger partial charge in [0.2, 0.25) is 0 Å². The standard InChI is InChI=1S/C14H11ClN2O4/c15-10-7-16-6-5-9(10)14(20)17-11-3-1-2-4-12(11)21-8-13(18)19/h1-7H,8H2,(H,17,20)(H,18,19). The highest BCUT2D eigenvalue weighted by Gasteiger charge is 2.13. The predicted molar refractivity (Wildman–Crippen MR) is 76.8 cm³/mol. The Labute approximate surface area is 125 Å².